The topological polar surface area (TPSA) is 32.8 Å². The van der Waals surface area contributed by atoms with E-state index in [1.807, 2.05) is 17.0 Å². The van der Waals surface area contributed by atoms with E-state index in [1.165, 1.54) is 5.56 Å². The first kappa shape index (κ1) is 17.8. The minimum Gasteiger partial charge on any atom is -0.497 e. The summed E-state index contributed by atoms with van der Waals surface area (Å²) >= 11 is 0. The lowest BCUT2D eigenvalue weighted by atomic mass is 10.1. The van der Waals surface area contributed by atoms with Crippen molar-refractivity contribution in [2.24, 2.45) is 0 Å². The summed E-state index contributed by atoms with van der Waals surface area (Å²) in [7, 11) is 1.69. The first-order valence-corrected chi connectivity index (χ1v) is 8.67. The Bertz CT molecular complexity index is 532. The van der Waals surface area contributed by atoms with E-state index in [1.54, 1.807) is 7.11 Å². The summed E-state index contributed by atoms with van der Waals surface area (Å²) < 4.78 is 5.33. The Morgan fingerprint density at radius 3 is 2.48 bits per heavy atom. The maximum Gasteiger partial charge on any atom is 0.227 e. The van der Waals surface area contributed by atoms with Gasteiger partial charge in [0.1, 0.15) is 5.75 Å². The van der Waals surface area contributed by atoms with Crippen LogP contribution in [0, 0.1) is 0 Å². The van der Waals surface area contributed by atoms with Crippen LogP contribution in [-0.4, -0.2) is 43.1 Å². The van der Waals surface area contributed by atoms with Crippen LogP contribution in [0.5, 0.6) is 5.75 Å². The van der Waals surface area contributed by atoms with Crippen LogP contribution in [0.4, 0.5) is 5.69 Å². The van der Waals surface area contributed by atoms with E-state index in [4.69, 9.17) is 4.74 Å². The Morgan fingerprint density at radius 2 is 1.87 bits per heavy atom. The van der Waals surface area contributed by atoms with Gasteiger partial charge in [-0.05, 0) is 64.3 Å². The summed E-state index contributed by atoms with van der Waals surface area (Å²) in [5, 5.41) is 0. The SMILES string of the molecule is COc1ccc2c(c1)CCCC(=O)N2CCN(C(C)C)C(C)C. The number of rotatable bonds is 6. The molecule has 1 heterocycles. The van der Waals surface area contributed by atoms with Crippen LogP contribution in [0.15, 0.2) is 18.2 Å². The third kappa shape index (κ3) is 4.25. The van der Waals surface area contributed by atoms with Crippen molar-refractivity contribution in [3.05, 3.63) is 23.8 Å². The molecule has 1 aliphatic heterocycles. The number of hydrogen-bond acceptors (Lipinski definition) is 3. The van der Waals surface area contributed by atoms with Gasteiger partial charge in [0.05, 0.1) is 7.11 Å². The molecule has 0 bridgehead atoms. The second-order valence-electron chi connectivity index (χ2n) is 6.82. The van der Waals surface area contributed by atoms with Gasteiger partial charge in [-0.3, -0.25) is 9.69 Å². The van der Waals surface area contributed by atoms with E-state index in [0.29, 0.717) is 18.5 Å². The summed E-state index contributed by atoms with van der Waals surface area (Å²) in [5.41, 5.74) is 2.27. The van der Waals surface area contributed by atoms with Gasteiger partial charge < -0.3 is 9.64 Å². The van der Waals surface area contributed by atoms with Crippen molar-refractivity contribution in [3.63, 3.8) is 0 Å². The molecule has 0 unspecified atom stereocenters. The number of fused-ring (bicyclic) bond motifs is 1. The minimum atomic E-state index is 0.237. The Balaban J connectivity index is 2.21. The van der Waals surface area contributed by atoms with Crippen molar-refractivity contribution in [1.29, 1.82) is 0 Å². The van der Waals surface area contributed by atoms with Gasteiger partial charge in [0.25, 0.3) is 0 Å². The van der Waals surface area contributed by atoms with Crippen molar-refractivity contribution in [1.82, 2.24) is 4.90 Å². The molecule has 1 aromatic carbocycles. The third-order valence-corrected chi connectivity index (χ3v) is 4.62. The van der Waals surface area contributed by atoms with E-state index >= 15 is 0 Å². The van der Waals surface area contributed by atoms with Gasteiger partial charge in [0.2, 0.25) is 5.91 Å². The fourth-order valence-corrected chi connectivity index (χ4v) is 3.43. The largest absolute Gasteiger partial charge is 0.497 e. The monoisotopic (exact) mass is 318 g/mol. The van der Waals surface area contributed by atoms with Crippen LogP contribution in [-0.2, 0) is 11.2 Å². The number of benzene rings is 1. The lowest BCUT2D eigenvalue weighted by molar-refractivity contribution is -0.118. The lowest BCUT2D eigenvalue weighted by Crippen LogP contribution is -2.44. The van der Waals surface area contributed by atoms with Crippen molar-refractivity contribution >= 4 is 11.6 Å². The van der Waals surface area contributed by atoms with E-state index in [0.717, 1.165) is 37.4 Å². The number of methoxy groups -OCH3 is 1. The third-order valence-electron chi connectivity index (χ3n) is 4.62. The maximum atomic E-state index is 12.6. The Kier molecular flexibility index (Phi) is 6.05. The predicted molar refractivity (Wildman–Crippen MR) is 95.3 cm³/mol. The van der Waals surface area contributed by atoms with Crippen molar-refractivity contribution in [2.45, 2.75) is 59.0 Å². The van der Waals surface area contributed by atoms with E-state index < -0.39 is 0 Å². The lowest BCUT2D eigenvalue weighted by Gasteiger charge is -2.33. The average molecular weight is 318 g/mol. The highest BCUT2D eigenvalue weighted by molar-refractivity contribution is 5.95. The number of hydrogen-bond donors (Lipinski definition) is 0. The fraction of sp³-hybridized carbons (Fsp3) is 0.632. The molecule has 1 aliphatic rings. The number of aryl methyl sites for hydroxylation is 1. The van der Waals surface area contributed by atoms with Crippen molar-refractivity contribution < 1.29 is 9.53 Å². The smallest absolute Gasteiger partial charge is 0.227 e. The number of anilines is 1. The van der Waals surface area contributed by atoms with Crippen LogP contribution >= 0.6 is 0 Å². The second kappa shape index (κ2) is 7.82. The second-order valence-corrected chi connectivity index (χ2v) is 6.82. The zero-order valence-electron chi connectivity index (χ0n) is 15.1. The number of amides is 1. The van der Waals surface area contributed by atoms with Gasteiger partial charge in [-0.25, -0.2) is 0 Å². The molecule has 1 amide bonds. The molecule has 0 radical (unpaired) electrons. The molecule has 0 N–H and O–H groups in total. The summed E-state index contributed by atoms with van der Waals surface area (Å²) in [6.07, 6.45) is 2.47. The summed E-state index contributed by atoms with van der Waals surface area (Å²) in [5.74, 6) is 1.10. The van der Waals surface area contributed by atoms with Crippen LogP contribution in [0.25, 0.3) is 0 Å². The van der Waals surface area contributed by atoms with Crippen LogP contribution in [0.2, 0.25) is 0 Å². The summed E-state index contributed by atoms with van der Waals surface area (Å²) in [6.45, 7) is 10.5. The van der Waals surface area contributed by atoms with Gasteiger partial charge in [0, 0.05) is 37.3 Å². The number of carbonyl (C=O) groups excluding carboxylic acids is 1. The Hall–Kier alpha value is -1.55. The average Bonchev–Trinajstić information content (AvgIpc) is 2.65. The van der Waals surface area contributed by atoms with Crippen molar-refractivity contribution in [2.75, 3.05) is 25.1 Å². The molecule has 0 aromatic heterocycles. The summed E-state index contributed by atoms with van der Waals surface area (Å²) in [6, 6.07) is 7.02. The number of carbonyl (C=O) groups is 1. The fourth-order valence-electron chi connectivity index (χ4n) is 3.43. The molecule has 0 spiro atoms. The van der Waals surface area contributed by atoms with Gasteiger partial charge in [0.15, 0.2) is 0 Å². The van der Waals surface area contributed by atoms with E-state index in [-0.39, 0.29) is 5.91 Å². The molecule has 1 aromatic rings. The molecule has 4 nitrogen and oxygen atoms in total. The molecular formula is C19H30N2O2. The van der Waals surface area contributed by atoms with Crippen LogP contribution in [0.3, 0.4) is 0 Å². The summed E-state index contributed by atoms with van der Waals surface area (Å²) in [4.78, 5) is 17.0. The quantitative estimate of drug-likeness (QED) is 0.805. The molecule has 4 heteroatoms. The molecule has 0 aliphatic carbocycles. The van der Waals surface area contributed by atoms with Crippen molar-refractivity contribution in [3.8, 4) is 5.75 Å². The molecule has 0 saturated carbocycles. The molecular weight excluding hydrogens is 288 g/mol. The Morgan fingerprint density at radius 1 is 1.17 bits per heavy atom. The molecule has 128 valence electrons. The minimum absolute atomic E-state index is 0.237. The first-order chi connectivity index (χ1) is 10.9. The molecule has 23 heavy (non-hydrogen) atoms. The van der Waals surface area contributed by atoms with Gasteiger partial charge in [-0.2, -0.15) is 0 Å². The van der Waals surface area contributed by atoms with Gasteiger partial charge >= 0.3 is 0 Å². The van der Waals surface area contributed by atoms with Gasteiger partial charge in [-0.15, -0.1) is 0 Å². The number of ether oxygens (including phenoxy) is 1. The van der Waals surface area contributed by atoms with E-state index in [9.17, 15) is 4.79 Å². The predicted octanol–water partition coefficient (Wildman–Crippen LogP) is 3.48. The van der Waals surface area contributed by atoms with Gasteiger partial charge in [-0.1, -0.05) is 0 Å². The first-order valence-electron chi connectivity index (χ1n) is 8.67. The number of nitrogens with zero attached hydrogens (tertiary/aromatic N) is 2. The zero-order valence-corrected chi connectivity index (χ0v) is 15.1. The van der Waals surface area contributed by atoms with E-state index in [2.05, 4.69) is 38.7 Å². The molecule has 0 saturated heterocycles. The normalized spacial score (nSPS) is 15.3. The van der Waals surface area contributed by atoms with Crippen LogP contribution in [0.1, 0.15) is 46.1 Å². The standard InChI is InChI=1S/C19H30N2O2/c1-14(2)20(15(3)4)11-12-21-18-10-9-17(23-5)13-16(18)7-6-8-19(21)22/h9-10,13-15H,6-8,11-12H2,1-5H3. The van der Waals surface area contributed by atoms with Crippen LogP contribution < -0.4 is 9.64 Å². The molecule has 0 atom stereocenters. The maximum absolute atomic E-state index is 12.6. The Labute approximate surface area is 140 Å². The highest BCUT2D eigenvalue weighted by Crippen LogP contribution is 2.30. The highest BCUT2D eigenvalue weighted by Gasteiger charge is 2.24. The zero-order chi connectivity index (χ0) is 17.0. The molecule has 2 rings (SSSR count). The highest BCUT2D eigenvalue weighted by atomic mass is 16.5. The molecule has 0 fully saturated rings.